The summed E-state index contributed by atoms with van der Waals surface area (Å²) in [6.07, 6.45) is 0. The molecular formula is C11H16BF3NO2-. The van der Waals surface area contributed by atoms with Gasteiger partial charge in [-0.05, 0) is 32.3 Å². The second kappa shape index (κ2) is 5.99. The van der Waals surface area contributed by atoms with E-state index < -0.39 is 12.4 Å². The van der Waals surface area contributed by atoms with Crippen molar-refractivity contribution in [3.8, 4) is 11.5 Å². The minimum Gasteiger partial charge on any atom is -0.497 e. The molecule has 102 valence electrons. The van der Waals surface area contributed by atoms with Crippen molar-refractivity contribution in [2.75, 3.05) is 34.4 Å². The highest BCUT2D eigenvalue weighted by atomic mass is 19.4. The Kier molecular flexibility index (Phi) is 4.89. The van der Waals surface area contributed by atoms with Crippen LogP contribution in [-0.4, -0.2) is 46.2 Å². The number of hydrogen-bond donors (Lipinski definition) is 0. The van der Waals surface area contributed by atoms with E-state index in [1.807, 2.05) is 19.0 Å². The Labute approximate surface area is 105 Å². The fraction of sp³-hybridized carbons (Fsp3) is 0.455. The van der Waals surface area contributed by atoms with Crippen molar-refractivity contribution < 1.29 is 22.4 Å². The highest BCUT2D eigenvalue weighted by Crippen LogP contribution is 2.22. The summed E-state index contributed by atoms with van der Waals surface area (Å²) in [5.74, 6) is 0.0225. The number of benzene rings is 1. The van der Waals surface area contributed by atoms with Gasteiger partial charge in [0.25, 0.3) is 0 Å². The summed E-state index contributed by atoms with van der Waals surface area (Å²) in [7, 11) is 4.98. The van der Waals surface area contributed by atoms with E-state index in [9.17, 15) is 12.9 Å². The van der Waals surface area contributed by atoms with Crippen molar-refractivity contribution >= 4 is 12.4 Å². The molecule has 0 saturated carbocycles. The van der Waals surface area contributed by atoms with Gasteiger partial charge in [-0.15, -0.1) is 0 Å². The van der Waals surface area contributed by atoms with Crippen LogP contribution in [0.25, 0.3) is 0 Å². The third-order valence-corrected chi connectivity index (χ3v) is 2.37. The molecule has 0 spiro atoms. The molecule has 7 heteroatoms. The SMILES string of the molecule is COc1ccc(OCCN(C)C)c([B-](F)(F)F)c1. The minimum atomic E-state index is -5.12. The predicted molar refractivity (Wildman–Crippen MR) is 65.8 cm³/mol. The Morgan fingerprint density at radius 3 is 2.39 bits per heavy atom. The summed E-state index contributed by atoms with van der Waals surface area (Å²) < 4.78 is 48.6. The first-order valence-corrected chi connectivity index (χ1v) is 5.50. The molecule has 0 amide bonds. The molecule has 0 heterocycles. The van der Waals surface area contributed by atoms with Crippen LogP contribution in [-0.2, 0) is 0 Å². The molecule has 0 aliphatic heterocycles. The predicted octanol–water partition coefficient (Wildman–Crippen LogP) is 1.69. The molecular weight excluding hydrogens is 246 g/mol. The minimum absolute atomic E-state index is 0.148. The van der Waals surface area contributed by atoms with Gasteiger partial charge in [0.2, 0.25) is 0 Å². The van der Waals surface area contributed by atoms with Gasteiger partial charge in [-0.2, -0.15) is 0 Å². The summed E-state index contributed by atoms with van der Waals surface area (Å²) in [5.41, 5.74) is -0.756. The van der Waals surface area contributed by atoms with Gasteiger partial charge >= 0.3 is 6.98 Å². The first kappa shape index (κ1) is 14.7. The second-order valence-electron chi connectivity index (χ2n) is 4.13. The first-order chi connectivity index (χ1) is 8.34. The Bertz CT molecular complexity index is 396. The number of likely N-dealkylation sites (N-methyl/N-ethyl adjacent to an activating group) is 1. The van der Waals surface area contributed by atoms with E-state index in [1.165, 1.54) is 19.2 Å². The Morgan fingerprint density at radius 1 is 1.22 bits per heavy atom. The molecule has 0 aliphatic carbocycles. The highest BCUT2D eigenvalue weighted by molar-refractivity contribution is 6.74. The number of halogens is 3. The molecule has 0 saturated heterocycles. The Morgan fingerprint density at radius 2 is 1.89 bits per heavy atom. The standard InChI is InChI=1S/C11H16BF3NO2/c1-16(2)6-7-18-11-5-4-9(17-3)8-10(11)12(13,14)15/h4-5,8H,6-7H2,1-3H3/q-1. The number of nitrogens with zero attached hydrogens (tertiary/aromatic N) is 1. The summed E-state index contributed by atoms with van der Waals surface area (Å²) in [4.78, 5) is 1.84. The van der Waals surface area contributed by atoms with Crippen LogP contribution in [0.3, 0.4) is 0 Å². The number of rotatable bonds is 6. The zero-order valence-electron chi connectivity index (χ0n) is 10.6. The van der Waals surface area contributed by atoms with Crippen molar-refractivity contribution in [1.29, 1.82) is 0 Å². The summed E-state index contributed by atoms with van der Waals surface area (Å²) >= 11 is 0. The maximum Gasteiger partial charge on any atom is 0.513 e. The maximum absolute atomic E-state index is 12.9. The molecule has 0 aliphatic rings. The zero-order chi connectivity index (χ0) is 13.8. The van der Waals surface area contributed by atoms with Crippen LogP contribution in [0.2, 0.25) is 0 Å². The van der Waals surface area contributed by atoms with Crippen LogP contribution in [0.15, 0.2) is 18.2 Å². The van der Waals surface area contributed by atoms with E-state index in [2.05, 4.69) is 0 Å². The van der Waals surface area contributed by atoms with E-state index in [-0.39, 0.29) is 18.1 Å². The summed E-state index contributed by atoms with van der Waals surface area (Å²) in [5, 5.41) is 0. The van der Waals surface area contributed by atoms with Gasteiger partial charge in [0.05, 0.1) is 12.9 Å². The second-order valence-corrected chi connectivity index (χ2v) is 4.13. The van der Waals surface area contributed by atoms with Gasteiger partial charge in [-0.25, -0.2) is 0 Å². The molecule has 0 radical (unpaired) electrons. The van der Waals surface area contributed by atoms with E-state index in [0.29, 0.717) is 6.54 Å². The number of ether oxygens (including phenoxy) is 2. The van der Waals surface area contributed by atoms with Crippen molar-refractivity contribution in [3.05, 3.63) is 18.2 Å². The van der Waals surface area contributed by atoms with Crippen LogP contribution in [0.1, 0.15) is 0 Å². The lowest BCUT2D eigenvalue weighted by Gasteiger charge is -2.21. The van der Waals surface area contributed by atoms with Gasteiger partial charge < -0.3 is 27.3 Å². The molecule has 0 bridgehead atoms. The maximum atomic E-state index is 12.9. The molecule has 0 atom stereocenters. The monoisotopic (exact) mass is 262 g/mol. The Balaban J connectivity index is 2.89. The molecule has 18 heavy (non-hydrogen) atoms. The number of methoxy groups -OCH3 is 1. The molecule has 1 rings (SSSR count). The van der Waals surface area contributed by atoms with Gasteiger partial charge in [0.15, 0.2) is 0 Å². The molecule has 0 unspecified atom stereocenters. The fourth-order valence-corrected chi connectivity index (χ4v) is 1.38. The van der Waals surface area contributed by atoms with E-state index in [0.717, 1.165) is 6.07 Å². The molecule has 1 aromatic rings. The van der Waals surface area contributed by atoms with Gasteiger partial charge in [0, 0.05) is 6.54 Å². The van der Waals surface area contributed by atoms with Crippen LogP contribution in [0, 0.1) is 0 Å². The molecule has 1 aromatic carbocycles. The summed E-state index contributed by atoms with van der Waals surface area (Å²) in [6.45, 7) is -4.36. The smallest absolute Gasteiger partial charge is 0.497 e. The lowest BCUT2D eigenvalue weighted by Crippen LogP contribution is -2.36. The van der Waals surface area contributed by atoms with Crippen LogP contribution in [0.5, 0.6) is 11.5 Å². The highest BCUT2D eigenvalue weighted by Gasteiger charge is 2.29. The quantitative estimate of drug-likeness (QED) is 0.728. The third-order valence-electron chi connectivity index (χ3n) is 2.37. The van der Waals surface area contributed by atoms with Crippen molar-refractivity contribution in [3.63, 3.8) is 0 Å². The fourth-order valence-electron chi connectivity index (χ4n) is 1.38. The molecule has 0 aromatic heterocycles. The van der Waals surface area contributed by atoms with Gasteiger partial charge in [-0.3, -0.25) is 0 Å². The lowest BCUT2D eigenvalue weighted by molar-refractivity contribution is 0.262. The van der Waals surface area contributed by atoms with E-state index in [1.54, 1.807) is 0 Å². The average Bonchev–Trinajstić information content (AvgIpc) is 2.27. The van der Waals surface area contributed by atoms with Crippen LogP contribution in [0.4, 0.5) is 12.9 Å². The van der Waals surface area contributed by atoms with Crippen LogP contribution >= 0.6 is 0 Å². The number of hydrogen-bond acceptors (Lipinski definition) is 3. The zero-order valence-corrected chi connectivity index (χ0v) is 10.6. The molecule has 3 nitrogen and oxygen atoms in total. The molecule has 0 fully saturated rings. The van der Waals surface area contributed by atoms with Crippen molar-refractivity contribution in [1.82, 2.24) is 4.90 Å². The lowest BCUT2D eigenvalue weighted by atomic mass is 9.79. The first-order valence-electron chi connectivity index (χ1n) is 5.50. The largest absolute Gasteiger partial charge is 0.513 e. The Hall–Kier alpha value is -1.37. The summed E-state index contributed by atoms with van der Waals surface area (Å²) in [6, 6.07) is 3.71. The normalized spacial score (nSPS) is 11.7. The van der Waals surface area contributed by atoms with Gasteiger partial charge in [-0.1, -0.05) is 5.46 Å². The van der Waals surface area contributed by atoms with E-state index in [4.69, 9.17) is 9.47 Å². The molecule has 0 N–H and O–H groups in total. The van der Waals surface area contributed by atoms with Crippen molar-refractivity contribution in [2.45, 2.75) is 0 Å². The van der Waals surface area contributed by atoms with E-state index >= 15 is 0 Å². The van der Waals surface area contributed by atoms with Gasteiger partial charge in [0.1, 0.15) is 12.4 Å². The topological polar surface area (TPSA) is 21.7 Å². The third kappa shape index (κ3) is 4.14. The average molecular weight is 262 g/mol. The van der Waals surface area contributed by atoms with Crippen LogP contribution < -0.4 is 14.9 Å². The van der Waals surface area contributed by atoms with Crippen molar-refractivity contribution in [2.24, 2.45) is 0 Å².